The van der Waals surface area contributed by atoms with Crippen molar-refractivity contribution in [1.82, 2.24) is 10.6 Å². The fourth-order valence-corrected chi connectivity index (χ4v) is 3.20. The first-order chi connectivity index (χ1) is 11.8. The van der Waals surface area contributed by atoms with Crippen LogP contribution < -0.4 is 15.4 Å². The minimum atomic E-state index is -2.95. The number of benzene rings is 1. The van der Waals surface area contributed by atoms with E-state index < -0.39 is 9.84 Å². The van der Waals surface area contributed by atoms with E-state index in [-0.39, 0.29) is 41.7 Å². The van der Waals surface area contributed by atoms with Crippen molar-refractivity contribution >= 4 is 39.8 Å². The largest absolute Gasteiger partial charge is 0.496 e. The van der Waals surface area contributed by atoms with Gasteiger partial charge in [0.25, 0.3) is 0 Å². The number of para-hydroxylation sites is 1. The van der Waals surface area contributed by atoms with Crippen molar-refractivity contribution in [2.24, 2.45) is 4.99 Å². The van der Waals surface area contributed by atoms with Crippen molar-refractivity contribution in [2.45, 2.75) is 39.2 Å². The minimum absolute atomic E-state index is 0. The lowest BCUT2D eigenvalue weighted by Gasteiger charge is -2.19. The molecule has 0 aliphatic rings. The summed E-state index contributed by atoms with van der Waals surface area (Å²) in [4.78, 5) is 4.64. The molecule has 0 saturated heterocycles. The van der Waals surface area contributed by atoms with Gasteiger partial charge in [-0.1, -0.05) is 25.1 Å². The molecule has 0 aliphatic carbocycles. The summed E-state index contributed by atoms with van der Waals surface area (Å²) in [6.45, 7) is 7.42. The lowest BCUT2D eigenvalue weighted by molar-refractivity contribution is 0.406. The van der Waals surface area contributed by atoms with Crippen LogP contribution in [0.5, 0.6) is 5.75 Å². The molecule has 0 amide bonds. The topological polar surface area (TPSA) is 79.8 Å². The van der Waals surface area contributed by atoms with Crippen LogP contribution >= 0.6 is 24.0 Å². The SMILES string of the molecule is CCNC(=NCC(C)c1ccccc1OC)NC(C)CCS(C)(=O)=O.I. The highest BCUT2D eigenvalue weighted by molar-refractivity contribution is 14.0. The third-order valence-corrected chi connectivity index (χ3v) is 4.82. The number of sulfone groups is 1. The van der Waals surface area contributed by atoms with Crippen molar-refractivity contribution in [3.63, 3.8) is 0 Å². The van der Waals surface area contributed by atoms with Crippen molar-refractivity contribution < 1.29 is 13.2 Å². The van der Waals surface area contributed by atoms with Crippen molar-refractivity contribution in [2.75, 3.05) is 32.2 Å². The van der Waals surface area contributed by atoms with Gasteiger partial charge >= 0.3 is 0 Å². The summed E-state index contributed by atoms with van der Waals surface area (Å²) in [5.41, 5.74) is 1.12. The van der Waals surface area contributed by atoms with E-state index in [1.807, 2.05) is 38.1 Å². The summed E-state index contributed by atoms with van der Waals surface area (Å²) in [6.07, 6.45) is 1.80. The van der Waals surface area contributed by atoms with Gasteiger partial charge in [-0.25, -0.2) is 8.42 Å². The number of halogens is 1. The summed E-state index contributed by atoms with van der Waals surface area (Å²) in [7, 11) is -1.28. The molecule has 0 heterocycles. The lowest BCUT2D eigenvalue weighted by atomic mass is 10.0. The molecule has 0 radical (unpaired) electrons. The molecule has 0 aliphatic heterocycles. The first kappa shape index (κ1) is 25.0. The van der Waals surface area contributed by atoms with E-state index in [0.29, 0.717) is 18.9 Å². The second-order valence-electron chi connectivity index (χ2n) is 6.33. The van der Waals surface area contributed by atoms with Crippen molar-refractivity contribution in [1.29, 1.82) is 0 Å². The summed E-state index contributed by atoms with van der Waals surface area (Å²) in [5, 5.41) is 6.47. The molecule has 0 spiro atoms. The molecule has 1 aromatic rings. The number of aliphatic imine (C=N–C) groups is 1. The zero-order chi connectivity index (χ0) is 18.9. The fraction of sp³-hybridized carbons (Fsp3) is 0.611. The van der Waals surface area contributed by atoms with E-state index in [1.54, 1.807) is 7.11 Å². The van der Waals surface area contributed by atoms with Crippen LogP contribution in [0.1, 0.15) is 38.7 Å². The van der Waals surface area contributed by atoms with Crippen LogP contribution in [0.2, 0.25) is 0 Å². The maximum absolute atomic E-state index is 11.3. The monoisotopic (exact) mass is 497 g/mol. The van der Waals surface area contributed by atoms with E-state index in [2.05, 4.69) is 22.5 Å². The molecule has 26 heavy (non-hydrogen) atoms. The molecule has 150 valence electrons. The van der Waals surface area contributed by atoms with Crippen LogP contribution in [-0.2, 0) is 9.84 Å². The zero-order valence-electron chi connectivity index (χ0n) is 16.3. The first-order valence-electron chi connectivity index (χ1n) is 8.62. The number of methoxy groups -OCH3 is 1. The Morgan fingerprint density at radius 3 is 2.50 bits per heavy atom. The Morgan fingerprint density at radius 1 is 1.27 bits per heavy atom. The zero-order valence-corrected chi connectivity index (χ0v) is 19.4. The van der Waals surface area contributed by atoms with Gasteiger partial charge in [0.2, 0.25) is 0 Å². The Morgan fingerprint density at radius 2 is 1.92 bits per heavy atom. The maximum Gasteiger partial charge on any atom is 0.191 e. The van der Waals surface area contributed by atoms with Crippen LogP contribution in [0.3, 0.4) is 0 Å². The van der Waals surface area contributed by atoms with Gasteiger partial charge in [0, 0.05) is 31.3 Å². The molecule has 2 unspecified atom stereocenters. The molecular formula is C18H32IN3O3S. The van der Waals surface area contributed by atoms with Crippen LogP contribution in [0.25, 0.3) is 0 Å². The highest BCUT2D eigenvalue weighted by Crippen LogP contribution is 2.26. The molecule has 0 bridgehead atoms. The van der Waals surface area contributed by atoms with Crippen molar-refractivity contribution in [3.8, 4) is 5.75 Å². The molecule has 8 heteroatoms. The average Bonchev–Trinajstić information content (AvgIpc) is 2.57. The first-order valence-corrected chi connectivity index (χ1v) is 10.7. The predicted molar refractivity (Wildman–Crippen MR) is 120 cm³/mol. The standard InChI is InChI=1S/C18H31N3O3S.HI/c1-6-19-18(21-15(3)11-12-25(5,22)23)20-13-14(2)16-9-7-8-10-17(16)24-4;/h7-10,14-15H,6,11-13H2,1-5H3,(H2,19,20,21);1H. The quantitative estimate of drug-likeness (QED) is 0.312. The van der Waals surface area contributed by atoms with Crippen LogP contribution in [-0.4, -0.2) is 52.6 Å². The summed E-state index contributed by atoms with van der Waals surface area (Å²) < 4.78 is 28.0. The molecule has 1 rings (SSSR count). The van der Waals surface area contributed by atoms with Gasteiger partial charge in [0.1, 0.15) is 15.6 Å². The molecule has 0 aromatic heterocycles. The Hall–Kier alpha value is -1.03. The number of rotatable bonds is 9. The second kappa shape index (κ2) is 12.4. The normalized spacial score (nSPS) is 14.1. The molecule has 0 saturated carbocycles. The number of ether oxygens (including phenoxy) is 1. The Kier molecular flexibility index (Phi) is 11.9. The summed E-state index contributed by atoms with van der Waals surface area (Å²) >= 11 is 0. The Labute approximate surface area is 175 Å². The van der Waals surface area contributed by atoms with Crippen molar-refractivity contribution in [3.05, 3.63) is 29.8 Å². The molecule has 2 N–H and O–H groups in total. The average molecular weight is 497 g/mol. The van der Waals surface area contributed by atoms with E-state index >= 15 is 0 Å². The highest BCUT2D eigenvalue weighted by atomic mass is 127. The maximum atomic E-state index is 11.3. The highest BCUT2D eigenvalue weighted by Gasteiger charge is 2.12. The third kappa shape index (κ3) is 9.61. The Bertz CT molecular complexity index is 665. The third-order valence-electron chi connectivity index (χ3n) is 3.84. The fourth-order valence-electron chi connectivity index (χ4n) is 2.42. The number of nitrogens with one attached hydrogen (secondary N) is 2. The smallest absolute Gasteiger partial charge is 0.191 e. The number of hydrogen-bond donors (Lipinski definition) is 2. The Balaban J connectivity index is 0.00000625. The summed E-state index contributed by atoms with van der Waals surface area (Å²) in [6, 6.07) is 7.97. The van der Waals surface area contributed by atoms with Gasteiger partial charge in [-0.3, -0.25) is 4.99 Å². The van der Waals surface area contributed by atoms with Gasteiger partial charge in [0.05, 0.1) is 12.9 Å². The molecule has 6 nitrogen and oxygen atoms in total. The number of guanidine groups is 1. The minimum Gasteiger partial charge on any atom is -0.496 e. The van der Waals surface area contributed by atoms with E-state index in [9.17, 15) is 8.42 Å². The van der Waals surface area contributed by atoms with Gasteiger partial charge in [-0.2, -0.15) is 0 Å². The second-order valence-corrected chi connectivity index (χ2v) is 8.59. The van der Waals surface area contributed by atoms with Gasteiger partial charge in [-0.05, 0) is 31.9 Å². The molecule has 2 atom stereocenters. The van der Waals surface area contributed by atoms with E-state index in [0.717, 1.165) is 17.9 Å². The van der Waals surface area contributed by atoms with Crippen LogP contribution in [0.15, 0.2) is 29.3 Å². The van der Waals surface area contributed by atoms with E-state index in [4.69, 9.17) is 4.74 Å². The number of hydrogen-bond acceptors (Lipinski definition) is 4. The van der Waals surface area contributed by atoms with Crippen LogP contribution in [0, 0.1) is 0 Å². The lowest BCUT2D eigenvalue weighted by Crippen LogP contribution is -2.43. The molecule has 1 aromatic carbocycles. The summed E-state index contributed by atoms with van der Waals surface area (Å²) in [5.74, 6) is 1.94. The van der Waals surface area contributed by atoms with Gasteiger partial charge in [0.15, 0.2) is 5.96 Å². The predicted octanol–water partition coefficient (Wildman–Crippen LogP) is 2.80. The van der Waals surface area contributed by atoms with Gasteiger partial charge in [-0.15, -0.1) is 24.0 Å². The molecular weight excluding hydrogens is 465 g/mol. The van der Waals surface area contributed by atoms with E-state index in [1.165, 1.54) is 6.26 Å². The van der Waals surface area contributed by atoms with Crippen LogP contribution in [0.4, 0.5) is 0 Å². The number of nitrogens with zero attached hydrogens (tertiary/aromatic N) is 1. The van der Waals surface area contributed by atoms with Gasteiger partial charge < -0.3 is 15.4 Å². The molecule has 0 fully saturated rings.